The molecule has 4 nitrogen and oxygen atoms in total. The summed E-state index contributed by atoms with van der Waals surface area (Å²) in [6, 6.07) is 9.60. The van der Waals surface area contributed by atoms with E-state index in [1.54, 1.807) is 0 Å². The lowest BCUT2D eigenvalue weighted by Gasteiger charge is -2.45. The highest BCUT2D eigenvalue weighted by molar-refractivity contribution is 6.74. The molecule has 28 heavy (non-hydrogen) atoms. The summed E-state index contributed by atoms with van der Waals surface area (Å²) in [5.74, 6) is 0.553. The number of aliphatic hydroxyl groups is 1. The minimum atomic E-state index is -2.00. The molecule has 4 atom stereocenters. The van der Waals surface area contributed by atoms with Gasteiger partial charge >= 0.3 is 0 Å². The van der Waals surface area contributed by atoms with Crippen molar-refractivity contribution in [1.82, 2.24) is 0 Å². The Labute approximate surface area is 173 Å². The third-order valence-electron chi connectivity index (χ3n) is 5.55. The minimum absolute atomic E-state index is 0.101. The van der Waals surface area contributed by atoms with Gasteiger partial charge in [-0.1, -0.05) is 51.1 Å². The molecule has 158 valence electrons. The minimum Gasteiger partial charge on any atom is -0.489 e. The Balaban J connectivity index is 2.35. The quantitative estimate of drug-likeness (QED) is 0.603. The Morgan fingerprint density at radius 3 is 2.07 bits per heavy atom. The Hall–Kier alpha value is -0.926. The molecule has 1 aromatic carbocycles. The predicted octanol–water partition coefficient (Wildman–Crippen LogP) is 5.63. The molecule has 1 aliphatic heterocycles. The fraction of sp³-hybridized carbons (Fsp3) is 0.636. The van der Waals surface area contributed by atoms with E-state index in [0.29, 0.717) is 5.76 Å². The van der Waals surface area contributed by atoms with E-state index in [-0.39, 0.29) is 23.4 Å². The van der Waals surface area contributed by atoms with E-state index in [4.69, 9.17) is 13.6 Å². The highest BCUT2D eigenvalue weighted by Gasteiger charge is 2.45. The summed E-state index contributed by atoms with van der Waals surface area (Å²) in [6.45, 7) is 19.8. The van der Waals surface area contributed by atoms with Crippen LogP contribution in [0, 0.1) is 0 Å². The second-order valence-electron chi connectivity index (χ2n) is 10.2. The molecule has 0 fully saturated rings. The smallest absolute Gasteiger partial charge is 0.192 e. The molecule has 0 spiro atoms. The maximum Gasteiger partial charge on any atom is 0.192 e. The standard InChI is InChI=1S/C22H38O4Si2/c1-16-21(26-28(8,9)22(2,3)4)19(25-27(5,6)7)15-18(24-16)20(23)17-13-11-10-12-14-17/h10-16,19-21,23H,1-9H3/t16-,19-,20-,21-/m0/s1. The van der Waals surface area contributed by atoms with Crippen LogP contribution in [-0.4, -0.2) is 40.1 Å². The van der Waals surface area contributed by atoms with Gasteiger partial charge in [-0.3, -0.25) is 0 Å². The number of rotatable bonds is 6. The van der Waals surface area contributed by atoms with E-state index >= 15 is 0 Å². The van der Waals surface area contributed by atoms with Crippen LogP contribution in [0.5, 0.6) is 0 Å². The zero-order valence-electron chi connectivity index (χ0n) is 18.9. The zero-order valence-corrected chi connectivity index (χ0v) is 20.9. The Morgan fingerprint density at radius 2 is 1.57 bits per heavy atom. The van der Waals surface area contributed by atoms with E-state index < -0.39 is 22.7 Å². The third-order valence-corrected chi connectivity index (χ3v) is 11.0. The zero-order chi connectivity index (χ0) is 21.3. The number of hydrogen-bond acceptors (Lipinski definition) is 4. The summed E-state index contributed by atoms with van der Waals surface area (Å²) in [4.78, 5) is 0. The van der Waals surface area contributed by atoms with Crippen LogP contribution in [0.1, 0.15) is 39.4 Å². The molecule has 2 rings (SSSR count). The monoisotopic (exact) mass is 422 g/mol. The van der Waals surface area contributed by atoms with Crippen LogP contribution in [0.2, 0.25) is 37.8 Å². The molecular formula is C22H38O4Si2. The molecule has 1 aromatic rings. The van der Waals surface area contributed by atoms with E-state index in [1.165, 1.54) is 0 Å². The van der Waals surface area contributed by atoms with E-state index in [1.807, 2.05) is 43.3 Å². The van der Waals surface area contributed by atoms with Crippen molar-refractivity contribution in [2.75, 3.05) is 0 Å². The summed E-state index contributed by atoms with van der Waals surface area (Å²) in [6.07, 6.45) is 0.532. The van der Waals surface area contributed by atoms with Gasteiger partial charge in [-0.25, -0.2) is 0 Å². The third kappa shape index (κ3) is 5.80. The van der Waals surface area contributed by atoms with Gasteiger partial charge in [-0.15, -0.1) is 0 Å². The SMILES string of the molecule is C[C@@H]1OC([C@@H](O)c2ccccc2)=C[C@H](O[Si](C)(C)C)[C@H]1O[Si](C)(C)C(C)(C)C. The molecule has 0 aromatic heterocycles. The molecule has 0 saturated heterocycles. The summed E-state index contributed by atoms with van der Waals surface area (Å²) in [5, 5.41) is 11.0. The van der Waals surface area contributed by atoms with Crippen LogP contribution >= 0.6 is 0 Å². The van der Waals surface area contributed by atoms with E-state index in [0.717, 1.165) is 5.56 Å². The lowest BCUT2D eigenvalue weighted by molar-refractivity contribution is -0.0677. The average molecular weight is 423 g/mol. The Kier molecular flexibility index (Phi) is 7.04. The molecule has 0 bridgehead atoms. The van der Waals surface area contributed by atoms with Crippen molar-refractivity contribution in [3.63, 3.8) is 0 Å². The second-order valence-corrected chi connectivity index (χ2v) is 19.5. The molecule has 0 unspecified atom stereocenters. The van der Waals surface area contributed by atoms with E-state index in [9.17, 15) is 5.11 Å². The number of hydrogen-bond donors (Lipinski definition) is 1. The maximum atomic E-state index is 10.9. The van der Waals surface area contributed by atoms with Gasteiger partial charge in [-0.2, -0.15) is 0 Å². The lowest BCUT2D eigenvalue weighted by atomic mass is 10.0. The highest BCUT2D eigenvalue weighted by atomic mass is 28.4. The molecule has 0 saturated carbocycles. The van der Waals surface area contributed by atoms with Crippen LogP contribution in [-0.2, 0) is 13.6 Å². The summed E-state index contributed by atoms with van der Waals surface area (Å²) in [7, 11) is -3.83. The molecule has 1 aliphatic rings. The van der Waals surface area contributed by atoms with Gasteiger partial charge in [0.25, 0.3) is 0 Å². The molecule has 0 aliphatic carbocycles. The topological polar surface area (TPSA) is 47.9 Å². The Bertz CT molecular complexity index is 674. The molecule has 6 heteroatoms. The number of benzene rings is 1. The first-order chi connectivity index (χ1) is 12.7. The summed E-state index contributed by atoms with van der Waals surface area (Å²) in [5.41, 5.74) is 0.816. The van der Waals surface area contributed by atoms with Crippen molar-refractivity contribution in [2.45, 2.75) is 89.9 Å². The van der Waals surface area contributed by atoms with E-state index in [2.05, 4.69) is 53.5 Å². The van der Waals surface area contributed by atoms with Crippen molar-refractivity contribution in [3.05, 3.63) is 47.7 Å². The van der Waals surface area contributed by atoms with Gasteiger partial charge in [0, 0.05) is 0 Å². The van der Waals surface area contributed by atoms with Crippen molar-refractivity contribution in [3.8, 4) is 0 Å². The van der Waals surface area contributed by atoms with Gasteiger partial charge in [0.05, 0.1) is 6.10 Å². The number of ether oxygens (including phenoxy) is 1. The van der Waals surface area contributed by atoms with Gasteiger partial charge in [0.15, 0.2) is 16.6 Å². The van der Waals surface area contributed by atoms with Crippen LogP contribution in [0.4, 0.5) is 0 Å². The fourth-order valence-electron chi connectivity index (χ4n) is 2.99. The van der Waals surface area contributed by atoms with Crippen molar-refractivity contribution < 1.29 is 18.7 Å². The largest absolute Gasteiger partial charge is 0.489 e. The predicted molar refractivity (Wildman–Crippen MR) is 120 cm³/mol. The van der Waals surface area contributed by atoms with Gasteiger partial charge in [0.2, 0.25) is 0 Å². The van der Waals surface area contributed by atoms with Crippen molar-refractivity contribution >= 4 is 16.6 Å². The van der Waals surface area contributed by atoms with Crippen LogP contribution in [0.15, 0.2) is 42.2 Å². The molecule has 0 radical (unpaired) electrons. The van der Waals surface area contributed by atoms with Crippen molar-refractivity contribution in [2.24, 2.45) is 0 Å². The highest BCUT2D eigenvalue weighted by Crippen LogP contribution is 2.40. The maximum absolute atomic E-state index is 10.9. The summed E-state index contributed by atoms with van der Waals surface area (Å²) < 4.78 is 19.4. The first kappa shape index (κ1) is 23.4. The van der Waals surface area contributed by atoms with Crippen LogP contribution < -0.4 is 0 Å². The lowest BCUT2D eigenvalue weighted by Crippen LogP contribution is -2.54. The summed E-state index contributed by atoms with van der Waals surface area (Å²) >= 11 is 0. The fourth-order valence-corrected chi connectivity index (χ4v) is 5.37. The first-order valence-corrected chi connectivity index (χ1v) is 16.5. The van der Waals surface area contributed by atoms with Gasteiger partial charge in [0.1, 0.15) is 24.1 Å². The van der Waals surface area contributed by atoms with Crippen LogP contribution in [0.25, 0.3) is 0 Å². The molecular weight excluding hydrogens is 384 g/mol. The van der Waals surface area contributed by atoms with Crippen molar-refractivity contribution in [1.29, 1.82) is 0 Å². The molecule has 0 amide bonds. The van der Waals surface area contributed by atoms with Crippen LogP contribution in [0.3, 0.4) is 0 Å². The average Bonchev–Trinajstić information content (AvgIpc) is 2.55. The normalized spacial score (nSPS) is 25.1. The second kappa shape index (κ2) is 8.44. The van der Waals surface area contributed by atoms with Gasteiger partial charge < -0.3 is 18.7 Å². The Morgan fingerprint density at radius 1 is 1.00 bits per heavy atom. The molecule has 1 N–H and O–H groups in total. The number of aliphatic hydroxyl groups excluding tert-OH is 1. The molecule has 1 heterocycles. The van der Waals surface area contributed by atoms with Gasteiger partial charge in [-0.05, 0) is 56.3 Å². The first-order valence-electron chi connectivity index (χ1n) is 10.2.